The Bertz CT molecular complexity index is 579. The summed E-state index contributed by atoms with van der Waals surface area (Å²) in [5.74, 6) is -0.0579. The second kappa shape index (κ2) is 3.35. The highest BCUT2D eigenvalue weighted by Gasteiger charge is 2.26. The highest BCUT2D eigenvalue weighted by Crippen LogP contribution is 2.33. The Hall–Kier alpha value is -2.29. The number of carbonyl (C=O) groups excluding carboxylic acids is 1. The lowest BCUT2D eigenvalue weighted by Gasteiger charge is -2.20. The quantitative estimate of drug-likeness (QED) is 0.574. The molecule has 0 fully saturated rings. The fourth-order valence-electron chi connectivity index (χ4n) is 2.42. The van der Waals surface area contributed by atoms with Crippen molar-refractivity contribution >= 4 is 17.2 Å². The topological polar surface area (TPSA) is 69.1 Å². The van der Waals surface area contributed by atoms with Crippen LogP contribution in [-0.2, 0) is 6.42 Å². The molecule has 3 nitrogen and oxygen atoms in total. The molecule has 0 aliphatic heterocycles. The Morgan fingerprint density at radius 3 is 1.76 bits per heavy atom. The van der Waals surface area contributed by atoms with Gasteiger partial charge < -0.3 is 11.5 Å². The molecule has 84 valence electrons. The van der Waals surface area contributed by atoms with E-state index in [0.29, 0.717) is 28.9 Å². The van der Waals surface area contributed by atoms with Gasteiger partial charge in [0, 0.05) is 22.5 Å². The van der Waals surface area contributed by atoms with Gasteiger partial charge in [-0.05, 0) is 29.7 Å². The zero-order valence-corrected chi connectivity index (χ0v) is 9.23. The molecule has 2 aromatic rings. The molecule has 0 atom stereocenters. The third-order valence-corrected chi connectivity index (χ3v) is 3.20. The van der Waals surface area contributed by atoms with Crippen molar-refractivity contribution in [3.05, 3.63) is 58.7 Å². The maximum absolute atomic E-state index is 12.4. The molecule has 0 spiro atoms. The number of hydrogen-bond acceptors (Lipinski definition) is 3. The number of nitrogen functional groups attached to an aromatic ring is 2. The highest BCUT2D eigenvalue weighted by atomic mass is 16.1. The van der Waals surface area contributed by atoms with E-state index in [0.717, 1.165) is 11.1 Å². The summed E-state index contributed by atoms with van der Waals surface area (Å²) in [7, 11) is 0. The van der Waals surface area contributed by atoms with Gasteiger partial charge in [0.25, 0.3) is 0 Å². The van der Waals surface area contributed by atoms with Gasteiger partial charge in [0.2, 0.25) is 0 Å². The summed E-state index contributed by atoms with van der Waals surface area (Å²) in [5.41, 5.74) is 16.0. The molecule has 0 saturated heterocycles. The molecule has 0 bridgehead atoms. The van der Waals surface area contributed by atoms with Crippen LogP contribution in [0.4, 0.5) is 11.4 Å². The van der Waals surface area contributed by atoms with Gasteiger partial charge in [-0.2, -0.15) is 0 Å². The average molecular weight is 224 g/mol. The molecule has 0 amide bonds. The molecular formula is C14H12N2O. The summed E-state index contributed by atoms with van der Waals surface area (Å²) >= 11 is 0. The first kappa shape index (κ1) is 9.90. The van der Waals surface area contributed by atoms with Gasteiger partial charge in [-0.1, -0.05) is 24.3 Å². The molecule has 17 heavy (non-hydrogen) atoms. The molecule has 1 aliphatic carbocycles. The van der Waals surface area contributed by atoms with Crippen LogP contribution in [0.15, 0.2) is 36.4 Å². The van der Waals surface area contributed by atoms with Gasteiger partial charge in [-0.3, -0.25) is 4.79 Å². The lowest BCUT2D eigenvalue weighted by Crippen LogP contribution is -2.18. The summed E-state index contributed by atoms with van der Waals surface area (Å²) in [6, 6.07) is 11.1. The van der Waals surface area contributed by atoms with E-state index in [2.05, 4.69) is 0 Å². The first-order valence-corrected chi connectivity index (χ1v) is 5.48. The standard InChI is InChI=1S/C14H12N2O/c15-10-5-1-3-8-7-9-4-2-6-11(16)13(9)14(17)12(8)10/h1-6H,7,15-16H2. The van der Waals surface area contributed by atoms with Crippen molar-refractivity contribution in [2.24, 2.45) is 0 Å². The highest BCUT2D eigenvalue weighted by molar-refractivity contribution is 6.17. The monoisotopic (exact) mass is 224 g/mol. The minimum absolute atomic E-state index is 0.0579. The number of ketones is 1. The molecular weight excluding hydrogens is 212 g/mol. The summed E-state index contributed by atoms with van der Waals surface area (Å²) in [5, 5.41) is 0. The van der Waals surface area contributed by atoms with Crippen LogP contribution < -0.4 is 11.5 Å². The molecule has 1 aliphatic rings. The molecule has 2 aromatic carbocycles. The van der Waals surface area contributed by atoms with Crippen molar-refractivity contribution in [3.63, 3.8) is 0 Å². The third-order valence-electron chi connectivity index (χ3n) is 3.20. The van der Waals surface area contributed by atoms with Crippen LogP contribution in [0.3, 0.4) is 0 Å². The summed E-state index contributed by atoms with van der Waals surface area (Å²) in [6.45, 7) is 0. The fraction of sp³-hybridized carbons (Fsp3) is 0.0714. The average Bonchev–Trinajstić information content (AvgIpc) is 2.28. The normalized spacial score (nSPS) is 13.1. The molecule has 0 saturated carbocycles. The Morgan fingerprint density at radius 2 is 1.29 bits per heavy atom. The maximum atomic E-state index is 12.4. The largest absolute Gasteiger partial charge is 0.398 e. The third kappa shape index (κ3) is 1.32. The first-order chi connectivity index (χ1) is 8.18. The van der Waals surface area contributed by atoms with Crippen molar-refractivity contribution in [3.8, 4) is 0 Å². The predicted molar refractivity (Wildman–Crippen MR) is 67.9 cm³/mol. The van der Waals surface area contributed by atoms with Crippen LogP contribution in [0, 0.1) is 0 Å². The van der Waals surface area contributed by atoms with Crippen LogP contribution >= 0.6 is 0 Å². The molecule has 3 rings (SSSR count). The van der Waals surface area contributed by atoms with Gasteiger partial charge in [0.15, 0.2) is 5.78 Å². The smallest absolute Gasteiger partial charge is 0.197 e. The van der Waals surface area contributed by atoms with E-state index < -0.39 is 0 Å². The maximum Gasteiger partial charge on any atom is 0.197 e. The number of hydrogen-bond donors (Lipinski definition) is 2. The van der Waals surface area contributed by atoms with Gasteiger partial charge in [-0.25, -0.2) is 0 Å². The number of anilines is 2. The number of rotatable bonds is 0. The number of carbonyl (C=O) groups is 1. The SMILES string of the molecule is Nc1cccc2c1C(=O)c1c(N)cccc1C2. The van der Waals surface area contributed by atoms with Crippen LogP contribution in [-0.4, -0.2) is 5.78 Å². The molecule has 3 heteroatoms. The number of nitrogens with two attached hydrogens (primary N) is 2. The molecule has 4 N–H and O–H groups in total. The Kier molecular flexibility index (Phi) is 1.95. The van der Waals surface area contributed by atoms with E-state index >= 15 is 0 Å². The molecule has 0 aromatic heterocycles. The van der Waals surface area contributed by atoms with Crippen LogP contribution in [0.1, 0.15) is 27.0 Å². The number of benzene rings is 2. The zero-order valence-electron chi connectivity index (χ0n) is 9.23. The zero-order chi connectivity index (χ0) is 12.0. The fourth-order valence-corrected chi connectivity index (χ4v) is 2.42. The van der Waals surface area contributed by atoms with E-state index in [4.69, 9.17) is 11.5 Å². The minimum Gasteiger partial charge on any atom is -0.398 e. The van der Waals surface area contributed by atoms with E-state index in [1.807, 2.05) is 24.3 Å². The van der Waals surface area contributed by atoms with Crippen molar-refractivity contribution in [1.82, 2.24) is 0 Å². The summed E-state index contributed by atoms with van der Waals surface area (Å²) < 4.78 is 0. The number of fused-ring (bicyclic) bond motifs is 2. The van der Waals surface area contributed by atoms with E-state index in [1.165, 1.54) is 0 Å². The van der Waals surface area contributed by atoms with Crippen LogP contribution in [0.25, 0.3) is 0 Å². The van der Waals surface area contributed by atoms with Gasteiger partial charge >= 0.3 is 0 Å². The van der Waals surface area contributed by atoms with Crippen molar-refractivity contribution in [2.45, 2.75) is 6.42 Å². The molecule has 0 unspecified atom stereocenters. The van der Waals surface area contributed by atoms with Gasteiger partial charge in [0.1, 0.15) is 0 Å². The molecule has 0 heterocycles. The van der Waals surface area contributed by atoms with Crippen molar-refractivity contribution < 1.29 is 4.79 Å². The predicted octanol–water partition coefficient (Wildman–Crippen LogP) is 1.99. The lowest BCUT2D eigenvalue weighted by atomic mass is 9.83. The lowest BCUT2D eigenvalue weighted by molar-refractivity contribution is 0.103. The van der Waals surface area contributed by atoms with Crippen LogP contribution in [0.2, 0.25) is 0 Å². The summed E-state index contributed by atoms with van der Waals surface area (Å²) in [4.78, 5) is 12.4. The van der Waals surface area contributed by atoms with Crippen molar-refractivity contribution in [2.75, 3.05) is 11.5 Å². The van der Waals surface area contributed by atoms with E-state index in [9.17, 15) is 4.79 Å². The summed E-state index contributed by atoms with van der Waals surface area (Å²) in [6.07, 6.45) is 0.715. The van der Waals surface area contributed by atoms with Crippen LogP contribution in [0.5, 0.6) is 0 Å². The molecule has 0 radical (unpaired) electrons. The van der Waals surface area contributed by atoms with Crippen molar-refractivity contribution in [1.29, 1.82) is 0 Å². The first-order valence-electron chi connectivity index (χ1n) is 5.48. The van der Waals surface area contributed by atoms with E-state index in [-0.39, 0.29) is 5.78 Å². The van der Waals surface area contributed by atoms with Gasteiger partial charge in [-0.15, -0.1) is 0 Å². The van der Waals surface area contributed by atoms with Gasteiger partial charge in [0.05, 0.1) is 0 Å². The Balaban J connectivity index is 2.30. The van der Waals surface area contributed by atoms with E-state index in [1.54, 1.807) is 12.1 Å². The minimum atomic E-state index is -0.0579. The Labute approximate surface area is 99.1 Å². The second-order valence-electron chi connectivity index (χ2n) is 4.27. The Morgan fingerprint density at radius 1 is 0.824 bits per heavy atom. The second-order valence-corrected chi connectivity index (χ2v) is 4.27.